The fourth-order valence-corrected chi connectivity index (χ4v) is 3.83. The Morgan fingerprint density at radius 1 is 1.00 bits per heavy atom. The van der Waals surface area contributed by atoms with Gasteiger partial charge in [-0.2, -0.15) is 0 Å². The number of hydrogen-bond donors (Lipinski definition) is 3. The van der Waals surface area contributed by atoms with Gasteiger partial charge in [0, 0.05) is 47.2 Å². The second-order valence-corrected chi connectivity index (χ2v) is 8.40. The zero-order valence-corrected chi connectivity index (χ0v) is 21.3. The lowest BCUT2D eigenvalue weighted by Gasteiger charge is -2.10. The Balaban J connectivity index is 1.48. The Morgan fingerprint density at radius 2 is 1.70 bits per heavy atom. The predicted molar refractivity (Wildman–Crippen MR) is 146 cm³/mol. The molecular weight excluding hydrogens is 468 g/mol. The first-order chi connectivity index (χ1) is 17.9. The maximum absolute atomic E-state index is 12.7. The zero-order chi connectivity index (χ0) is 26.2. The largest absolute Gasteiger partial charge is 0.497 e. The highest BCUT2D eigenvalue weighted by Gasteiger charge is 2.09. The van der Waals surface area contributed by atoms with E-state index in [0.29, 0.717) is 18.9 Å². The summed E-state index contributed by atoms with van der Waals surface area (Å²) in [6.07, 6.45) is 5.81. The van der Waals surface area contributed by atoms with Gasteiger partial charge >= 0.3 is 0 Å². The average molecular weight is 499 g/mol. The number of methoxy groups -OCH3 is 2. The number of amides is 1. The number of fused-ring (bicyclic) bond motifs is 1. The van der Waals surface area contributed by atoms with Gasteiger partial charge in [0.25, 0.3) is 5.91 Å². The summed E-state index contributed by atoms with van der Waals surface area (Å²) in [5.74, 6) is 1.86. The van der Waals surface area contributed by atoms with Gasteiger partial charge in [-0.1, -0.05) is 12.1 Å². The molecule has 0 saturated heterocycles. The van der Waals surface area contributed by atoms with Gasteiger partial charge in [-0.05, 0) is 67.8 Å². The molecule has 0 bridgehead atoms. The van der Waals surface area contributed by atoms with Gasteiger partial charge in [0.1, 0.15) is 11.5 Å². The maximum Gasteiger partial charge on any atom is 0.250 e. The number of rotatable bonds is 8. The van der Waals surface area contributed by atoms with E-state index < -0.39 is 0 Å². The first kappa shape index (κ1) is 25.4. The Morgan fingerprint density at radius 3 is 2.41 bits per heavy atom. The molecule has 4 aromatic rings. The molecule has 9 nitrogen and oxygen atoms in total. The van der Waals surface area contributed by atoms with Crippen molar-refractivity contribution in [2.24, 2.45) is 4.99 Å². The van der Waals surface area contributed by atoms with Crippen LogP contribution in [0.25, 0.3) is 17.0 Å². The number of aromatic nitrogens is 3. The Bertz CT molecular complexity index is 1420. The van der Waals surface area contributed by atoms with E-state index in [-0.39, 0.29) is 11.9 Å². The molecule has 0 fully saturated rings. The van der Waals surface area contributed by atoms with Gasteiger partial charge in [0.2, 0.25) is 11.9 Å². The summed E-state index contributed by atoms with van der Waals surface area (Å²) in [6, 6.07) is 15.2. The predicted octanol–water partition coefficient (Wildman–Crippen LogP) is 4.43. The normalized spacial score (nSPS) is 11.6. The van der Waals surface area contributed by atoms with Crippen LogP contribution >= 0.6 is 0 Å². The van der Waals surface area contributed by atoms with E-state index >= 15 is 0 Å². The Kier molecular flexibility index (Phi) is 8.15. The second-order valence-electron chi connectivity index (χ2n) is 8.40. The molecule has 0 unspecified atom stereocenters. The van der Waals surface area contributed by atoms with Crippen molar-refractivity contribution in [3.63, 3.8) is 0 Å². The highest BCUT2D eigenvalue weighted by molar-refractivity contribution is 6.08. The van der Waals surface area contributed by atoms with E-state index in [4.69, 9.17) is 9.47 Å². The van der Waals surface area contributed by atoms with Crippen molar-refractivity contribution in [3.05, 3.63) is 83.3 Å². The van der Waals surface area contributed by atoms with E-state index in [9.17, 15) is 4.79 Å². The first-order valence-electron chi connectivity index (χ1n) is 11.8. The monoisotopic (exact) mass is 498 g/mol. The van der Waals surface area contributed by atoms with E-state index in [1.165, 1.54) is 6.08 Å². The Labute approximate surface area is 215 Å². The molecule has 2 heterocycles. The van der Waals surface area contributed by atoms with Crippen LogP contribution < -0.4 is 20.1 Å². The molecule has 0 radical (unpaired) electrons. The summed E-state index contributed by atoms with van der Waals surface area (Å²) in [6.45, 7) is 4.21. The molecule has 37 heavy (non-hydrogen) atoms. The van der Waals surface area contributed by atoms with Gasteiger partial charge in [0.15, 0.2) is 0 Å². The molecule has 2 aromatic carbocycles. The fourth-order valence-electron chi connectivity index (χ4n) is 3.83. The minimum absolute atomic E-state index is 0.274. The first-order valence-corrected chi connectivity index (χ1v) is 11.8. The molecule has 9 heteroatoms. The minimum Gasteiger partial charge on any atom is -0.497 e. The van der Waals surface area contributed by atoms with Crippen LogP contribution in [0.1, 0.15) is 22.5 Å². The molecule has 0 aliphatic rings. The standard InChI is InChI=1S/C28H30N6O3/c1-18-15-19(2)32-28(31-18)34-27(33-26(35)12-7-20-5-8-22(36-3)9-6-20)29-14-13-21-17-30-25-16-23(37-4)10-11-24(21)25/h5-12,15-17,30H,13-14H2,1-4H3,(H2,29,31,32,33,34,35)/b12-7+. The molecule has 0 aliphatic heterocycles. The molecule has 3 N–H and O–H groups in total. The molecule has 0 aliphatic carbocycles. The number of nitrogens with zero attached hydrogens (tertiary/aromatic N) is 3. The van der Waals surface area contributed by atoms with Crippen molar-refractivity contribution in [1.29, 1.82) is 0 Å². The smallest absolute Gasteiger partial charge is 0.250 e. The Hall–Kier alpha value is -4.66. The lowest BCUT2D eigenvalue weighted by atomic mass is 10.1. The third-order valence-corrected chi connectivity index (χ3v) is 5.62. The number of anilines is 1. The van der Waals surface area contributed by atoms with E-state index in [2.05, 4.69) is 30.6 Å². The summed E-state index contributed by atoms with van der Waals surface area (Å²) < 4.78 is 10.5. The SMILES string of the molecule is COc1ccc(/C=C/C(=O)NC(=NCCc2c[nH]c3cc(OC)ccc23)Nc2nc(C)cc(C)n2)cc1. The number of nitrogens with one attached hydrogen (secondary N) is 3. The highest BCUT2D eigenvalue weighted by atomic mass is 16.5. The van der Waals surface area contributed by atoms with Crippen molar-refractivity contribution in [2.45, 2.75) is 20.3 Å². The number of carbonyl (C=O) groups is 1. The van der Waals surface area contributed by atoms with Gasteiger partial charge in [-0.3, -0.25) is 20.4 Å². The third-order valence-electron chi connectivity index (χ3n) is 5.62. The van der Waals surface area contributed by atoms with Crippen LogP contribution in [0, 0.1) is 13.8 Å². The zero-order valence-electron chi connectivity index (χ0n) is 21.3. The molecule has 0 atom stereocenters. The minimum atomic E-state index is -0.328. The molecule has 190 valence electrons. The van der Waals surface area contributed by atoms with Crippen molar-refractivity contribution >= 4 is 34.8 Å². The van der Waals surface area contributed by atoms with Crippen LogP contribution in [-0.2, 0) is 11.2 Å². The van der Waals surface area contributed by atoms with Gasteiger partial charge in [-0.15, -0.1) is 0 Å². The summed E-state index contributed by atoms with van der Waals surface area (Å²) in [4.78, 5) is 29.4. The summed E-state index contributed by atoms with van der Waals surface area (Å²) >= 11 is 0. The van der Waals surface area contributed by atoms with E-state index in [0.717, 1.165) is 44.9 Å². The number of H-pyrrole nitrogens is 1. The quantitative estimate of drug-likeness (QED) is 0.188. The number of aliphatic imine (C=N–C) groups is 1. The third kappa shape index (κ3) is 6.94. The van der Waals surface area contributed by atoms with Gasteiger partial charge in [0.05, 0.1) is 14.2 Å². The number of ether oxygens (including phenoxy) is 2. The molecule has 1 amide bonds. The van der Waals surface area contributed by atoms with Crippen LogP contribution in [0.4, 0.5) is 5.95 Å². The summed E-state index contributed by atoms with van der Waals surface area (Å²) in [5, 5.41) is 6.98. The molecule has 0 saturated carbocycles. The number of benzene rings is 2. The van der Waals surface area contributed by atoms with E-state index in [1.54, 1.807) is 20.3 Å². The van der Waals surface area contributed by atoms with Crippen molar-refractivity contribution in [2.75, 3.05) is 26.1 Å². The van der Waals surface area contributed by atoms with Crippen LogP contribution in [0.3, 0.4) is 0 Å². The highest BCUT2D eigenvalue weighted by Crippen LogP contribution is 2.23. The lowest BCUT2D eigenvalue weighted by molar-refractivity contribution is -0.115. The van der Waals surface area contributed by atoms with Crippen LogP contribution in [0.15, 0.2) is 65.8 Å². The van der Waals surface area contributed by atoms with Crippen LogP contribution in [0.5, 0.6) is 11.5 Å². The van der Waals surface area contributed by atoms with Gasteiger partial charge < -0.3 is 14.5 Å². The number of aryl methyl sites for hydroxylation is 2. The number of carbonyl (C=O) groups excluding carboxylic acids is 1. The number of hydrogen-bond acceptors (Lipinski definition) is 6. The number of aromatic amines is 1. The molecule has 4 rings (SSSR count). The van der Waals surface area contributed by atoms with Gasteiger partial charge in [-0.25, -0.2) is 9.97 Å². The van der Waals surface area contributed by atoms with Crippen molar-refractivity contribution in [3.8, 4) is 11.5 Å². The van der Waals surface area contributed by atoms with E-state index in [1.807, 2.05) is 68.6 Å². The van der Waals surface area contributed by atoms with Crippen molar-refractivity contribution in [1.82, 2.24) is 20.3 Å². The average Bonchev–Trinajstić information content (AvgIpc) is 3.29. The fraction of sp³-hybridized carbons (Fsp3) is 0.214. The van der Waals surface area contributed by atoms with Crippen LogP contribution in [0.2, 0.25) is 0 Å². The van der Waals surface area contributed by atoms with Crippen LogP contribution in [-0.4, -0.2) is 47.6 Å². The lowest BCUT2D eigenvalue weighted by Crippen LogP contribution is -2.35. The topological polar surface area (TPSA) is 114 Å². The maximum atomic E-state index is 12.7. The number of guanidine groups is 1. The summed E-state index contributed by atoms with van der Waals surface area (Å²) in [5.41, 5.74) is 4.62. The van der Waals surface area contributed by atoms with Crippen molar-refractivity contribution < 1.29 is 14.3 Å². The second kappa shape index (κ2) is 11.9. The molecular formula is C28H30N6O3. The molecule has 0 spiro atoms. The summed E-state index contributed by atoms with van der Waals surface area (Å²) in [7, 11) is 3.26. The molecule has 2 aromatic heterocycles.